The van der Waals surface area contributed by atoms with Gasteiger partial charge in [-0.15, -0.1) is 0 Å². The second kappa shape index (κ2) is 8.07. The average molecular weight is 455 g/mol. The summed E-state index contributed by atoms with van der Waals surface area (Å²) in [6.07, 6.45) is 6.91. The molecule has 1 aromatic heterocycles. The molecule has 6 rings (SSSR count). The van der Waals surface area contributed by atoms with Crippen molar-refractivity contribution in [2.24, 2.45) is 0 Å². The quantitative estimate of drug-likeness (QED) is 0.446. The molecule has 3 aromatic rings. The predicted molar refractivity (Wildman–Crippen MR) is 125 cm³/mol. The van der Waals surface area contributed by atoms with E-state index in [9.17, 15) is 14.3 Å². The first-order chi connectivity index (χ1) is 16.6. The molecule has 3 aliphatic rings. The second-order valence-corrected chi connectivity index (χ2v) is 8.57. The van der Waals surface area contributed by atoms with Crippen LogP contribution in [0.4, 0.5) is 4.39 Å². The fourth-order valence-electron chi connectivity index (χ4n) is 4.79. The number of rotatable bonds is 4. The monoisotopic (exact) mass is 455 g/mol. The van der Waals surface area contributed by atoms with Crippen molar-refractivity contribution < 1.29 is 9.50 Å². The fourth-order valence-corrected chi connectivity index (χ4v) is 4.79. The van der Waals surface area contributed by atoms with E-state index in [-0.39, 0.29) is 5.69 Å². The Morgan fingerprint density at radius 1 is 1.09 bits per heavy atom. The Kier molecular flexibility index (Phi) is 4.88. The average Bonchev–Trinajstić information content (AvgIpc) is 3.49. The lowest BCUT2D eigenvalue weighted by Crippen LogP contribution is -2.21. The molecule has 0 bridgehead atoms. The van der Waals surface area contributed by atoms with Crippen LogP contribution in [0.1, 0.15) is 35.8 Å². The van der Waals surface area contributed by atoms with Crippen molar-refractivity contribution >= 4 is 0 Å². The first-order valence-electron chi connectivity index (χ1n) is 11.3. The van der Waals surface area contributed by atoms with Gasteiger partial charge in [-0.25, -0.2) is 9.07 Å². The van der Waals surface area contributed by atoms with Crippen molar-refractivity contribution in [1.29, 1.82) is 0 Å². The summed E-state index contributed by atoms with van der Waals surface area (Å²) < 4.78 is 19.4. The van der Waals surface area contributed by atoms with Gasteiger partial charge in [0.1, 0.15) is 17.2 Å². The third-order valence-corrected chi connectivity index (χ3v) is 6.44. The van der Waals surface area contributed by atoms with E-state index in [1.54, 1.807) is 29.2 Å². The molecule has 0 radical (unpaired) electrons. The summed E-state index contributed by atoms with van der Waals surface area (Å²) in [5, 5.41) is 19.6. The zero-order valence-corrected chi connectivity index (χ0v) is 18.3. The molecular weight excluding hydrogens is 433 g/mol. The van der Waals surface area contributed by atoms with Crippen LogP contribution in [0, 0.1) is 5.82 Å². The lowest BCUT2D eigenvalue weighted by molar-refractivity contribution is 0.154. The maximum absolute atomic E-state index is 14.4. The van der Waals surface area contributed by atoms with Gasteiger partial charge in [-0.1, -0.05) is 24.3 Å². The van der Waals surface area contributed by atoms with E-state index in [4.69, 9.17) is 0 Å². The van der Waals surface area contributed by atoms with Crippen LogP contribution in [0.3, 0.4) is 0 Å². The molecule has 34 heavy (non-hydrogen) atoms. The number of benzene rings is 2. The maximum Gasteiger partial charge on any atom is 0.282 e. The number of fused-ring (bicyclic) bond motifs is 3. The van der Waals surface area contributed by atoms with Gasteiger partial charge >= 0.3 is 0 Å². The number of hydrogen-bond acceptors (Lipinski definition) is 4. The van der Waals surface area contributed by atoms with Crippen molar-refractivity contribution in [2.45, 2.75) is 31.9 Å². The van der Waals surface area contributed by atoms with Crippen molar-refractivity contribution in [1.82, 2.24) is 24.1 Å². The van der Waals surface area contributed by atoms with E-state index < -0.39 is 17.5 Å². The topological polar surface area (TPSA) is 77.9 Å². The number of nitrogens with zero attached hydrogens (tertiary/aromatic N) is 5. The molecule has 7 nitrogen and oxygen atoms in total. The number of pyridine rings is 1. The van der Waals surface area contributed by atoms with Crippen LogP contribution >= 0.6 is 0 Å². The van der Waals surface area contributed by atoms with Gasteiger partial charge in [-0.2, -0.15) is 14.9 Å². The summed E-state index contributed by atoms with van der Waals surface area (Å²) in [4.78, 5) is 13.3. The summed E-state index contributed by atoms with van der Waals surface area (Å²) >= 11 is 0. The number of aliphatic hydroxyl groups is 1. The molecular formula is C26H22FN5O2. The molecule has 0 saturated carbocycles. The smallest absolute Gasteiger partial charge is 0.282 e. The van der Waals surface area contributed by atoms with Crippen molar-refractivity contribution in [2.75, 3.05) is 0 Å². The first kappa shape index (κ1) is 20.6. The zero-order valence-electron chi connectivity index (χ0n) is 18.3. The Bertz CT molecular complexity index is 1500. The molecule has 1 atom stereocenters. The van der Waals surface area contributed by atoms with Crippen LogP contribution < -0.4 is 5.56 Å². The van der Waals surface area contributed by atoms with E-state index in [1.807, 2.05) is 41.1 Å². The molecule has 170 valence electrons. The minimum atomic E-state index is -0.718. The summed E-state index contributed by atoms with van der Waals surface area (Å²) in [6.45, 7) is 0.536. The van der Waals surface area contributed by atoms with Crippen LogP contribution in [-0.4, -0.2) is 29.2 Å². The van der Waals surface area contributed by atoms with Crippen molar-refractivity contribution in [3.8, 4) is 22.6 Å². The molecule has 8 heteroatoms. The third-order valence-electron chi connectivity index (χ3n) is 6.44. The lowest BCUT2D eigenvalue weighted by Gasteiger charge is -2.27. The summed E-state index contributed by atoms with van der Waals surface area (Å²) in [7, 11) is 0. The molecule has 1 unspecified atom stereocenters. The molecule has 2 aromatic carbocycles. The number of aromatic nitrogens is 5. The molecule has 0 spiro atoms. The molecule has 0 saturated heterocycles. The van der Waals surface area contributed by atoms with Gasteiger partial charge in [0, 0.05) is 36.4 Å². The van der Waals surface area contributed by atoms with Gasteiger partial charge in [0.15, 0.2) is 0 Å². The number of aliphatic hydroxyl groups excluding tert-OH is 1. The minimum Gasteiger partial charge on any atom is -0.388 e. The molecule has 1 N–H and O–H groups in total. The Balaban J connectivity index is 1.47. The van der Waals surface area contributed by atoms with Gasteiger partial charge in [-0.3, -0.25) is 4.79 Å². The Morgan fingerprint density at radius 3 is 2.68 bits per heavy atom. The highest BCUT2D eigenvalue weighted by atomic mass is 19.1. The highest BCUT2D eigenvalue weighted by Gasteiger charge is 2.31. The minimum absolute atomic E-state index is 0.100. The summed E-state index contributed by atoms with van der Waals surface area (Å²) in [5.41, 5.74) is 4.16. The van der Waals surface area contributed by atoms with Gasteiger partial charge in [0.05, 0.1) is 17.4 Å². The molecule has 2 aliphatic heterocycles. The molecule has 1 aliphatic carbocycles. The number of halogens is 1. The maximum atomic E-state index is 14.4. The van der Waals surface area contributed by atoms with Crippen molar-refractivity contribution in [3.05, 3.63) is 106 Å². The standard InChI is InChI=1S/C26H22FN5O2/c27-20-5-1-2-6-21(20)32-26(34)19-16-30(22-7-3-8-23(33)24(22)25(19)29-32)15-17-9-11-18(12-10-17)31-14-4-13-28-31/h1-2,4-6,9-14,16,23,33H,3,7-8,15H2. The predicted octanol–water partition coefficient (Wildman–Crippen LogP) is 3.88. The van der Waals surface area contributed by atoms with Crippen LogP contribution in [0.15, 0.2) is 78.0 Å². The van der Waals surface area contributed by atoms with E-state index >= 15 is 0 Å². The fraction of sp³-hybridized carbons (Fsp3) is 0.192. The summed E-state index contributed by atoms with van der Waals surface area (Å²) in [6, 6.07) is 16.0. The highest BCUT2D eigenvalue weighted by molar-refractivity contribution is 5.66. The van der Waals surface area contributed by atoms with Gasteiger partial charge in [0.25, 0.3) is 5.56 Å². The second-order valence-electron chi connectivity index (χ2n) is 8.57. The van der Waals surface area contributed by atoms with Crippen LogP contribution in [0.5, 0.6) is 0 Å². The number of para-hydroxylation sites is 1. The van der Waals surface area contributed by atoms with Gasteiger partial charge in [-0.05, 0) is 55.2 Å². The Labute approximate surface area is 194 Å². The van der Waals surface area contributed by atoms with E-state index in [2.05, 4.69) is 10.2 Å². The third kappa shape index (κ3) is 3.34. The number of hydrogen-bond donors (Lipinski definition) is 1. The van der Waals surface area contributed by atoms with Gasteiger partial charge < -0.3 is 9.67 Å². The van der Waals surface area contributed by atoms with E-state index in [0.717, 1.165) is 34.5 Å². The van der Waals surface area contributed by atoms with Crippen molar-refractivity contribution in [3.63, 3.8) is 0 Å². The van der Waals surface area contributed by atoms with Crippen LogP contribution in [-0.2, 0) is 13.0 Å². The van der Waals surface area contributed by atoms with Crippen LogP contribution in [0.2, 0.25) is 0 Å². The molecule has 0 fully saturated rings. The molecule has 0 amide bonds. The normalized spacial score (nSPS) is 15.5. The van der Waals surface area contributed by atoms with E-state index in [1.165, 1.54) is 12.1 Å². The van der Waals surface area contributed by atoms with Gasteiger partial charge in [0.2, 0.25) is 0 Å². The summed E-state index contributed by atoms with van der Waals surface area (Å²) in [5.74, 6) is -0.521. The highest BCUT2D eigenvalue weighted by Crippen LogP contribution is 2.37. The zero-order chi connectivity index (χ0) is 23.2. The Hall–Kier alpha value is -4.04. The van der Waals surface area contributed by atoms with Crippen LogP contribution in [0.25, 0.3) is 22.6 Å². The lowest BCUT2D eigenvalue weighted by atomic mass is 9.89. The van der Waals surface area contributed by atoms with E-state index in [0.29, 0.717) is 29.8 Å². The SMILES string of the molecule is O=c1c2cn(Cc3ccc(-n4cccn4)cc3)c3c(c-2nn1-c1ccccc1F)C(O)CCC3. The first-order valence-corrected chi connectivity index (χ1v) is 11.3. The molecule has 3 heterocycles. The Morgan fingerprint density at radius 2 is 1.91 bits per heavy atom. The largest absolute Gasteiger partial charge is 0.388 e.